The van der Waals surface area contributed by atoms with Crippen LogP contribution in [0.2, 0.25) is 5.15 Å². The fourth-order valence-corrected chi connectivity index (χ4v) is 4.30. The second kappa shape index (κ2) is 8.47. The topological polar surface area (TPSA) is 43.8 Å². The SMILES string of the molecule is COc1ccc(OC)c([C@@H]2CCCN2Cc2cc3ccc(OC)cc3nc2Cl)c1. The molecule has 1 aromatic heterocycles. The fraction of sp³-hybridized carbons (Fsp3) is 0.348. The molecule has 0 spiro atoms. The van der Waals surface area contributed by atoms with Crippen molar-refractivity contribution in [3.8, 4) is 17.2 Å². The van der Waals surface area contributed by atoms with Crippen LogP contribution in [0.1, 0.15) is 30.0 Å². The monoisotopic (exact) mass is 412 g/mol. The lowest BCUT2D eigenvalue weighted by Gasteiger charge is -2.27. The Bertz CT molecular complexity index is 1020. The molecule has 2 aromatic carbocycles. The predicted molar refractivity (Wildman–Crippen MR) is 115 cm³/mol. The van der Waals surface area contributed by atoms with Gasteiger partial charge in [0.1, 0.15) is 22.4 Å². The lowest BCUT2D eigenvalue weighted by atomic mass is 10.0. The molecule has 0 aliphatic carbocycles. The summed E-state index contributed by atoms with van der Waals surface area (Å²) in [6, 6.07) is 14.2. The molecule has 0 bridgehead atoms. The van der Waals surface area contributed by atoms with Gasteiger partial charge in [0.05, 0.1) is 26.8 Å². The minimum Gasteiger partial charge on any atom is -0.497 e. The van der Waals surface area contributed by atoms with Crippen molar-refractivity contribution in [2.45, 2.75) is 25.4 Å². The van der Waals surface area contributed by atoms with Crippen LogP contribution in [0.25, 0.3) is 10.9 Å². The van der Waals surface area contributed by atoms with Gasteiger partial charge in [0.25, 0.3) is 0 Å². The first-order chi connectivity index (χ1) is 14.1. The maximum absolute atomic E-state index is 6.55. The van der Waals surface area contributed by atoms with Crippen LogP contribution in [0.5, 0.6) is 17.2 Å². The third kappa shape index (κ3) is 3.98. The molecule has 0 radical (unpaired) electrons. The summed E-state index contributed by atoms with van der Waals surface area (Å²) in [5, 5.41) is 1.59. The number of ether oxygens (including phenoxy) is 3. The van der Waals surface area contributed by atoms with Crippen LogP contribution in [-0.4, -0.2) is 37.8 Å². The molecule has 1 atom stereocenters. The first-order valence-corrected chi connectivity index (χ1v) is 10.1. The summed E-state index contributed by atoms with van der Waals surface area (Å²) in [4.78, 5) is 7.04. The Morgan fingerprint density at radius 1 is 1.00 bits per heavy atom. The van der Waals surface area contributed by atoms with Gasteiger partial charge < -0.3 is 14.2 Å². The highest BCUT2D eigenvalue weighted by atomic mass is 35.5. The zero-order chi connectivity index (χ0) is 20.4. The van der Waals surface area contributed by atoms with Crippen molar-refractivity contribution in [1.82, 2.24) is 9.88 Å². The van der Waals surface area contributed by atoms with Crippen molar-refractivity contribution >= 4 is 22.5 Å². The molecule has 0 N–H and O–H groups in total. The zero-order valence-corrected chi connectivity index (χ0v) is 17.7. The molecule has 5 nitrogen and oxygen atoms in total. The van der Waals surface area contributed by atoms with Crippen LogP contribution in [0.3, 0.4) is 0 Å². The molecule has 152 valence electrons. The molecule has 3 aromatic rings. The molecule has 0 saturated carbocycles. The summed E-state index contributed by atoms with van der Waals surface area (Å²) in [5.74, 6) is 2.50. The summed E-state index contributed by atoms with van der Waals surface area (Å²) in [6.07, 6.45) is 2.19. The van der Waals surface area contributed by atoms with Gasteiger partial charge in [-0.25, -0.2) is 4.98 Å². The molecular weight excluding hydrogens is 388 g/mol. The number of halogens is 1. The molecular formula is C23H25ClN2O3. The number of pyridine rings is 1. The number of likely N-dealkylation sites (tertiary alicyclic amines) is 1. The summed E-state index contributed by atoms with van der Waals surface area (Å²) >= 11 is 6.55. The number of fused-ring (bicyclic) bond motifs is 1. The van der Waals surface area contributed by atoms with Gasteiger partial charge in [-0.05, 0) is 55.8 Å². The van der Waals surface area contributed by atoms with Gasteiger partial charge in [0.15, 0.2) is 0 Å². The Morgan fingerprint density at radius 3 is 2.52 bits per heavy atom. The largest absolute Gasteiger partial charge is 0.497 e. The van der Waals surface area contributed by atoms with Crippen LogP contribution in [0, 0.1) is 0 Å². The quantitative estimate of drug-likeness (QED) is 0.517. The number of aromatic nitrogens is 1. The van der Waals surface area contributed by atoms with E-state index in [4.69, 9.17) is 25.8 Å². The van der Waals surface area contributed by atoms with E-state index < -0.39 is 0 Å². The second-order valence-electron chi connectivity index (χ2n) is 7.23. The van der Waals surface area contributed by atoms with E-state index >= 15 is 0 Å². The smallest absolute Gasteiger partial charge is 0.134 e. The van der Waals surface area contributed by atoms with Gasteiger partial charge in [0.2, 0.25) is 0 Å². The van der Waals surface area contributed by atoms with Crippen molar-refractivity contribution in [2.75, 3.05) is 27.9 Å². The lowest BCUT2D eigenvalue weighted by Crippen LogP contribution is -2.23. The Kier molecular flexibility index (Phi) is 5.79. The minimum absolute atomic E-state index is 0.252. The van der Waals surface area contributed by atoms with Crippen molar-refractivity contribution in [1.29, 1.82) is 0 Å². The van der Waals surface area contributed by atoms with Crippen molar-refractivity contribution in [3.05, 3.63) is 58.7 Å². The van der Waals surface area contributed by atoms with Crippen molar-refractivity contribution in [3.63, 3.8) is 0 Å². The number of methoxy groups -OCH3 is 3. The summed E-state index contributed by atoms with van der Waals surface area (Å²) in [7, 11) is 5.05. The van der Waals surface area contributed by atoms with Crippen LogP contribution in [0.15, 0.2) is 42.5 Å². The molecule has 29 heavy (non-hydrogen) atoms. The van der Waals surface area contributed by atoms with Crippen LogP contribution in [-0.2, 0) is 6.54 Å². The van der Waals surface area contributed by atoms with Crippen LogP contribution >= 0.6 is 11.6 Å². The first-order valence-electron chi connectivity index (χ1n) is 9.72. The molecule has 1 saturated heterocycles. The van der Waals surface area contributed by atoms with Gasteiger partial charge in [-0.15, -0.1) is 0 Å². The molecule has 1 aliphatic rings. The second-order valence-corrected chi connectivity index (χ2v) is 7.59. The lowest BCUT2D eigenvalue weighted by molar-refractivity contribution is 0.242. The highest BCUT2D eigenvalue weighted by molar-refractivity contribution is 6.30. The maximum Gasteiger partial charge on any atom is 0.134 e. The average Bonchev–Trinajstić information content (AvgIpc) is 3.21. The number of hydrogen-bond donors (Lipinski definition) is 0. The van der Waals surface area contributed by atoms with Gasteiger partial charge in [-0.3, -0.25) is 4.90 Å². The van der Waals surface area contributed by atoms with E-state index in [1.165, 1.54) is 0 Å². The Morgan fingerprint density at radius 2 is 1.76 bits per heavy atom. The number of rotatable bonds is 6. The van der Waals surface area contributed by atoms with Gasteiger partial charge in [-0.2, -0.15) is 0 Å². The van der Waals surface area contributed by atoms with Gasteiger partial charge in [0, 0.05) is 35.2 Å². The highest BCUT2D eigenvalue weighted by Gasteiger charge is 2.29. The Labute approximate surface area is 176 Å². The number of benzene rings is 2. The standard InChI is InChI=1S/C23H25ClN2O3/c1-27-17-8-9-22(29-3)19(12-17)21-5-4-10-26(21)14-16-11-15-6-7-18(28-2)13-20(15)25-23(16)24/h6-9,11-13,21H,4-5,10,14H2,1-3H3/t21-/m0/s1. The summed E-state index contributed by atoms with van der Waals surface area (Å²) < 4.78 is 16.4. The fourth-order valence-electron chi connectivity index (χ4n) is 4.09. The third-order valence-corrected chi connectivity index (χ3v) is 5.91. The normalized spacial score (nSPS) is 16.9. The molecule has 2 heterocycles. The molecule has 4 rings (SSSR count). The van der Waals surface area contributed by atoms with Gasteiger partial charge >= 0.3 is 0 Å². The van der Waals surface area contributed by atoms with Gasteiger partial charge in [-0.1, -0.05) is 11.6 Å². The molecule has 6 heteroatoms. The molecule has 0 amide bonds. The van der Waals surface area contributed by atoms with E-state index in [1.54, 1.807) is 21.3 Å². The summed E-state index contributed by atoms with van der Waals surface area (Å²) in [6.45, 7) is 1.74. The number of nitrogens with zero attached hydrogens (tertiary/aromatic N) is 2. The van der Waals surface area contributed by atoms with E-state index in [9.17, 15) is 0 Å². The molecule has 1 aliphatic heterocycles. The first kappa shape index (κ1) is 19.8. The van der Waals surface area contributed by atoms with Crippen molar-refractivity contribution < 1.29 is 14.2 Å². The van der Waals surface area contributed by atoms with Crippen LogP contribution < -0.4 is 14.2 Å². The molecule has 1 fully saturated rings. The van der Waals surface area contributed by atoms with E-state index in [1.807, 2.05) is 30.3 Å². The van der Waals surface area contributed by atoms with E-state index in [-0.39, 0.29) is 6.04 Å². The predicted octanol–water partition coefficient (Wildman–Crippen LogP) is 5.25. The highest BCUT2D eigenvalue weighted by Crippen LogP contribution is 2.40. The Balaban J connectivity index is 1.64. The van der Waals surface area contributed by atoms with E-state index in [0.29, 0.717) is 5.15 Å². The van der Waals surface area contributed by atoms with Crippen LogP contribution in [0.4, 0.5) is 0 Å². The third-order valence-electron chi connectivity index (χ3n) is 5.58. The maximum atomic E-state index is 6.55. The Hall–Kier alpha value is -2.50. The minimum atomic E-state index is 0.252. The number of hydrogen-bond acceptors (Lipinski definition) is 5. The van der Waals surface area contributed by atoms with Crippen molar-refractivity contribution in [2.24, 2.45) is 0 Å². The zero-order valence-electron chi connectivity index (χ0n) is 16.9. The average molecular weight is 413 g/mol. The molecule has 0 unspecified atom stereocenters. The summed E-state index contributed by atoms with van der Waals surface area (Å²) in [5.41, 5.74) is 3.02. The van der Waals surface area contributed by atoms with E-state index in [2.05, 4.69) is 22.0 Å². The van der Waals surface area contributed by atoms with E-state index in [0.717, 1.165) is 65.2 Å².